The summed E-state index contributed by atoms with van der Waals surface area (Å²) in [6.45, 7) is 2.17. The van der Waals surface area contributed by atoms with E-state index in [0.717, 1.165) is 20.4 Å². The monoisotopic (exact) mass is 318 g/mol. The van der Waals surface area contributed by atoms with Gasteiger partial charge in [0.1, 0.15) is 0 Å². The Bertz CT molecular complexity index is 635. The summed E-state index contributed by atoms with van der Waals surface area (Å²) in [7, 11) is 0. The second-order valence-electron chi connectivity index (χ2n) is 4.18. The standard InChI is InChI=1S/C17H15ClO2S/c1-2-20-17(19)12-7-13-5-3-4-6-16(13)21-15-10-8-14(18)9-11-15/h3-12H,2H2,1H3/b12-7+. The number of rotatable bonds is 5. The number of carbonyl (C=O) groups is 1. The summed E-state index contributed by atoms with van der Waals surface area (Å²) in [5.74, 6) is -0.330. The molecule has 0 saturated heterocycles. The quantitative estimate of drug-likeness (QED) is 0.569. The van der Waals surface area contributed by atoms with Crippen LogP contribution in [0.5, 0.6) is 0 Å². The molecule has 21 heavy (non-hydrogen) atoms. The van der Waals surface area contributed by atoms with E-state index in [0.29, 0.717) is 6.61 Å². The van der Waals surface area contributed by atoms with Gasteiger partial charge in [-0.2, -0.15) is 0 Å². The van der Waals surface area contributed by atoms with Crippen LogP contribution in [0.25, 0.3) is 6.08 Å². The van der Waals surface area contributed by atoms with Gasteiger partial charge in [0.05, 0.1) is 6.61 Å². The summed E-state index contributed by atoms with van der Waals surface area (Å²) in [4.78, 5) is 13.6. The predicted molar refractivity (Wildman–Crippen MR) is 87.7 cm³/mol. The minimum atomic E-state index is -0.330. The van der Waals surface area contributed by atoms with Crippen molar-refractivity contribution < 1.29 is 9.53 Å². The molecule has 0 radical (unpaired) electrons. The fraction of sp³-hybridized carbons (Fsp3) is 0.118. The second kappa shape index (κ2) is 7.91. The van der Waals surface area contributed by atoms with E-state index >= 15 is 0 Å². The topological polar surface area (TPSA) is 26.3 Å². The number of benzene rings is 2. The second-order valence-corrected chi connectivity index (χ2v) is 5.73. The van der Waals surface area contributed by atoms with E-state index in [1.807, 2.05) is 48.5 Å². The van der Waals surface area contributed by atoms with Crippen molar-refractivity contribution >= 4 is 35.4 Å². The van der Waals surface area contributed by atoms with Crippen LogP contribution < -0.4 is 0 Å². The molecular formula is C17H15ClO2S. The highest BCUT2D eigenvalue weighted by Gasteiger charge is 2.03. The van der Waals surface area contributed by atoms with E-state index in [9.17, 15) is 4.79 Å². The predicted octanol–water partition coefficient (Wildman–Crippen LogP) is 5.07. The first-order valence-electron chi connectivity index (χ1n) is 6.56. The highest BCUT2D eigenvalue weighted by Crippen LogP contribution is 2.31. The minimum absolute atomic E-state index is 0.330. The zero-order valence-corrected chi connectivity index (χ0v) is 13.2. The molecule has 0 fully saturated rings. The summed E-state index contributed by atoms with van der Waals surface area (Å²) >= 11 is 7.51. The minimum Gasteiger partial charge on any atom is -0.463 e. The Labute approximate surface area is 133 Å². The summed E-state index contributed by atoms with van der Waals surface area (Å²) in [6, 6.07) is 15.6. The number of halogens is 1. The zero-order valence-electron chi connectivity index (χ0n) is 11.6. The Balaban J connectivity index is 2.16. The van der Waals surface area contributed by atoms with E-state index in [-0.39, 0.29) is 5.97 Å². The molecular weight excluding hydrogens is 304 g/mol. The molecule has 0 aromatic heterocycles. The molecule has 2 rings (SSSR count). The summed E-state index contributed by atoms with van der Waals surface area (Å²) in [6.07, 6.45) is 3.22. The first-order chi connectivity index (χ1) is 10.2. The lowest BCUT2D eigenvalue weighted by molar-refractivity contribution is -0.137. The highest BCUT2D eigenvalue weighted by molar-refractivity contribution is 7.99. The van der Waals surface area contributed by atoms with Gasteiger partial charge in [-0.1, -0.05) is 41.6 Å². The van der Waals surface area contributed by atoms with Crippen LogP contribution in [0, 0.1) is 0 Å². The van der Waals surface area contributed by atoms with Gasteiger partial charge in [0.2, 0.25) is 0 Å². The average Bonchev–Trinajstić information content (AvgIpc) is 2.49. The molecule has 2 nitrogen and oxygen atoms in total. The molecule has 4 heteroatoms. The summed E-state index contributed by atoms with van der Waals surface area (Å²) in [5.41, 5.74) is 0.977. The van der Waals surface area contributed by atoms with Gasteiger partial charge < -0.3 is 4.74 Å². The third kappa shape index (κ3) is 4.96. The number of esters is 1. The molecule has 0 spiro atoms. The molecule has 0 heterocycles. The average molecular weight is 319 g/mol. The smallest absolute Gasteiger partial charge is 0.330 e. The Morgan fingerprint density at radius 1 is 1.19 bits per heavy atom. The van der Waals surface area contributed by atoms with Gasteiger partial charge in [0.25, 0.3) is 0 Å². The van der Waals surface area contributed by atoms with E-state index < -0.39 is 0 Å². The van der Waals surface area contributed by atoms with Crippen molar-refractivity contribution in [2.45, 2.75) is 16.7 Å². The van der Waals surface area contributed by atoms with Crippen LogP contribution in [0.4, 0.5) is 0 Å². The highest BCUT2D eigenvalue weighted by atomic mass is 35.5. The number of carbonyl (C=O) groups excluding carboxylic acids is 1. The first kappa shape index (κ1) is 15.7. The van der Waals surface area contributed by atoms with Crippen LogP contribution in [0.2, 0.25) is 5.02 Å². The number of hydrogen-bond donors (Lipinski definition) is 0. The van der Waals surface area contributed by atoms with Gasteiger partial charge >= 0.3 is 5.97 Å². The van der Waals surface area contributed by atoms with Crippen molar-refractivity contribution in [3.05, 3.63) is 65.2 Å². The molecule has 0 bridgehead atoms. The fourth-order valence-corrected chi connectivity index (χ4v) is 2.74. The van der Waals surface area contributed by atoms with Gasteiger partial charge in [-0.3, -0.25) is 0 Å². The third-order valence-corrected chi connectivity index (χ3v) is 4.00. The lowest BCUT2D eigenvalue weighted by Crippen LogP contribution is -1.98. The SMILES string of the molecule is CCOC(=O)/C=C/c1ccccc1Sc1ccc(Cl)cc1. The summed E-state index contributed by atoms with van der Waals surface area (Å²) in [5, 5.41) is 0.717. The molecule has 0 amide bonds. The molecule has 0 aliphatic rings. The van der Waals surface area contributed by atoms with Crippen molar-refractivity contribution in [3.8, 4) is 0 Å². The lowest BCUT2D eigenvalue weighted by atomic mass is 10.2. The van der Waals surface area contributed by atoms with Gasteiger partial charge in [-0.05, 0) is 48.9 Å². The van der Waals surface area contributed by atoms with Crippen LogP contribution in [-0.2, 0) is 9.53 Å². The van der Waals surface area contributed by atoms with Crippen molar-refractivity contribution in [3.63, 3.8) is 0 Å². The van der Waals surface area contributed by atoms with Crippen LogP contribution in [-0.4, -0.2) is 12.6 Å². The fourth-order valence-electron chi connectivity index (χ4n) is 1.69. The van der Waals surface area contributed by atoms with Crippen LogP contribution in [0.1, 0.15) is 12.5 Å². The van der Waals surface area contributed by atoms with E-state index in [1.54, 1.807) is 24.8 Å². The molecule has 2 aromatic carbocycles. The Hall–Kier alpha value is -1.71. The van der Waals surface area contributed by atoms with E-state index in [4.69, 9.17) is 16.3 Å². The van der Waals surface area contributed by atoms with Crippen molar-refractivity contribution in [2.24, 2.45) is 0 Å². The lowest BCUT2D eigenvalue weighted by Gasteiger charge is -2.06. The zero-order chi connectivity index (χ0) is 15.1. The molecule has 0 aliphatic carbocycles. The maximum atomic E-state index is 11.4. The Kier molecular flexibility index (Phi) is 5.90. The Morgan fingerprint density at radius 2 is 1.90 bits per heavy atom. The molecule has 2 aromatic rings. The number of ether oxygens (including phenoxy) is 1. The van der Waals surface area contributed by atoms with Crippen LogP contribution in [0.3, 0.4) is 0 Å². The number of hydrogen-bond acceptors (Lipinski definition) is 3. The molecule has 0 atom stereocenters. The molecule has 0 aliphatic heterocycles. The van der Waals surface area contributed by atoms with Gasteiger partial charge in [0.15, 0.2) is 0 Å². The molecule has 0 unspecified atom stereocenters. The van der Waals surface area contributed by atoms with E-state index in [2.05, 4.69) is 0 Å². The van der Waals surface area contributed by atoms with Gasteiger partial charge in [0, 0.05) is 20.9 Å². The normalized spacial score (nSPS) is 10.8. The molecule has 108 valence electrons. The van der Waals surface area contributed by atoms with Crippen molar-refractivity contribution in [1.82, 2.24) is 0 Å². The largest absolute Gasteiger partial charge is 0.463 e. The van der Waals surface area contributed by atoms with Gasteiger partial charge in [-0.15, -0.1) is 0 Å². The third-order valence-electron chi connectivity index (χ3n) is 2.65. The molecule has 0 N–H and O–H groups in total. The Morgan fingerprint density at radius 3 is 2.62 bits per heavy atom. The van der Waals surface area contributed by atoms with E-state index in [1.165, 1.54) is 6.08 Å². The first-order valence-corrected chi connectivity index (χ1v) is 7.76. The maximum absolute atomic E-state index is 11.4. The summed E-state index contributed by atoms with van der Waals surface area (Å²) < 4.78 is 4.89. The maximum Gasteiger partial charge on any atom is 0.330 e. The van der Waals surface area contributed by atoms with Gasteiger partial charge in [-0.25, -0.2) is 4.79 Å². The van der Waals surface area contributed by atoms with Crippen LogP contribution in [0.15, 0.2) is 64.4 Å². The van der Waals surface area contributed by atoms with Crippen LogP contribution >= 0.6 is 23.4 Å². The molecule has 0 saturated carbocycles. The van der Waals surface area contributed by atoms with Crippen molar-refractivity contribution in [2.75, 3.05) is 6.61 Å². The van der Waals surface area contributed by atoms with Crippen molar-refractivity contribution in [1.29, 1.82) is 0 Å².